The fourth-order valence-corrected chi connectivity index (χ4v) is 7.22. The van der Waals surface area contributed by atoms with Gasteiger partial charge in [0.2, 0.25) is 0 Å². The number of aliphatic imine (C=N–C) groups is 2. The Morgan fingerprint density at radius 2 is 1.35 bits per heavy atom. The molecule has 0 fully saturated rings. The van der Waals surface area contributed by atoms with Gasteiger partial charge in [-0.25, -0.2) is 13.1 Å². The summed E-state index contributed by atoms with van der Waals surface area (Å²) in [6.45, 7) is 0. The number of halogens is 1. The highest BCUT2D eigenvalue weighted by Crippen LogP contribution is 2.36. The molecule has 0 amide bonds. The molecule has 1 atom stereocenters. The predicted molar refractivity (Wildman–Crippen MR) is 209 cm³/mol. The number of fused-ring (bicyclic) bond motifs is 4. The Labute approximate surface area is 289 Å². The third kappa shape index (κ3) is 5.40. The molecule has 1 aliphatic heterocycles. The van der Waals surface area contributed by atoms with Gasteiger partial charge in [0.05, 0.1) is 11.4 Å². The lowest BCUT2D eigenvalue weighted by Gasteiger charge is -2.25. The summed E-state index contributed by atoms with van der Waals surface area (Å²) in [5.74, 6) is 1.47. The van der Waals surface area contributed by atoms with Crippen LogP contribution in [0.1, 0.15) is 22.9 Å². The van der Waals surface area contributed by atoms with Crippen LogP contribution in [-0.2, 0) is 3.07 Å². The van der Waals surface area contributed by atoms with Crippen molar-refractivity contribution in [1.82, 2.24) is 5.32 Å². The fourth-order valence-electron chi connectivity index (χ4n) is 6.61. The van der Waals surface area contributed by atoms with Crippen LogP contribution in [0.5, 0.6) is 0 Å². The SMILES string of the molecule is CNc1ccc(-c2ccc(C3=NC(c4c5ccccc5cc5c4ccc4ccccc45)=NC(c4ccccc4)N3)cc2)cc1N(C)I=O. The second-order valence-electron chi connectivity index (χ2n) is 11.8. The Kier molecular flexibility index (Phi) is 7.90. The highest BCUT2D eigenvalue weighted by atomic mass is 127. The summed E-state index contributed by atoms with van der Waals surface area (Å²) < 4.78 is 13.6. The molecule has 1 unspecified atom stereocenters. The Morgan fingerprint density at radius 3 is 2.12 bits per heavy atom. The van der Waals surface area contributed by atoms with E-state index in [-0.39, 0.29) is 6.17 Å². The van der Waals surface area contributed by atoms with Crippen LogP contribution >= 0.6 is 21.5 Å². The van der Waals surface area contributed by atoms with Crippen molar-refractivity contribution in [3.63, 3.8) is 0 Å². The molecule has 7 aromatic carbocycles. The monoisotopic (exact) mass is 737 g/mol. The van der Waals surface area contributed by atoms with Gasteiger partial charge in [0.15, 0.2) is 5.84 Å². The second kappa shape index (κ2) is 12.7. The summed E-state index contributed by atoms with van der Waals surface area (Å²) in [4.78, 5) is 10.5. The lowest BCUT2D eigenvalue weighted by atomic mass is 9.92. The molecular weight excluding hydrogens is 705 g/mol. The molecule has 0 saturated carbocycles. The smallest absolute Gasteiger partial charge is 0.273 e. The van der Waals surface area contributed by atoms with Crippen LogP contribution in [0.25, 0.3) is 43.4 Å². The van der Waals surface area contributed by atoms with E-state index in [2.05, 4.69) is 126 Å². The van der Waals surface area contributed by atoms with Gasteiger partial charge in [0.1, 0.15) is 12.0 Å². The largest absolute Gasteiger partial charge is 0.386 e. The standard InChI is InChI=1S/C41H32IN5O/c1-43-36-23-21-30(25-37(36)47(2)42-48)26-16-18-29(19-17-26)40-44-39(28-11-4-3-5-12-28)45-41(46-40)38-33-15-9-7-13-31(33)24-35-32-14-8-6-10-27(32)20-22-34(35)38/h3-25,39,43H,1-2H3,(H,44,45,46). The van der Waals surface area contributed by atoms with Crippen molar-refractivity contribution in [3.8, 4) is 11.1 Å². The van der Waals surface area contributed by atoms with Crippen molar-refractivity contribution in [2.24, 2.45) is 9.98 Å². The minimum atomic E-state index is -1.33. The number of nitrogens with one attached hydrogen (secondary N) is 2. The maximum Gasteiger partial charge on any atom is 0.273 e. The summed E-state index contributed by atoms with van der Waals surface area (Å²) in [7, 11) is 3.74. The van der Waals surface area contributed by atoms with Crippen molar-refractivity contribution < 1.29 is 3.07 Å². The Hall–Kier alpha value is -5.41. The van der Waals surface area contributed by atoms with Gasteiger partial charge >= 0.3 is 0 Å². The first-order valence-electron chi connectivity index (χ1n) is 15.9. The Balaban J connectivity index is 1.28. The van der Waals surface area contributed by atoms with E-state index in [9.17, 15) is 3.07 Å². The van der Waals surface area contributed by atoms with Crippen LogP contribution in [0.15, 0.2) is 150 Å². The molecule has 0 aliphatic carbocycles. The van der Waals surface area contributed by atoms with E-state index in [0.29, 0.717) is 5.84 Å². The summed E-state index contributed by atoms with van der Waals surface area (Å²) >= 11 is -1.33. The van der Waals surface area contributed by atoms with Crippen molar-refractivity contribution in [1.29, 1.82) is 0 Å². The first kappa shape index (κ1) is 30.0. The molecule has 6 nitrogen and oxygen atoms in total. The number of benzene rings is 7. The molecule has 48 heavy (non-hydrogen) atoms. The summed E-state index contributed by atoms with van der Waals surface area (Å²) in [5, 5.41) is 13.9. The summed E-state index contributed by atoms with van der Waals surface area (Å²) in [5.41, 5.74) is 7.05. The third-order valence-corrected chi connectivity index (χ3v) is 10.2. The van der Waals surface area contributed by atoms with E-state index in [1.54, 1.807) is 0 Å². The van der Waals surface area contributed by atoms with Gasteiger partial charge in [-0.15, -0.1) is 0 Å². The quantitative estimate of drug-likeness (QED) is 0.0740. The first-order chi connectivity index (χ1) is 23.6. The Bertz CT molecular complexity index is 2400. The molecule has 0 saturated heterocycles. The number of hydrogen-bond acceptors (Lipinski definition) is 5. The van der Waals surface area contributed by atoms with Crippen molar-refractivity contribution in [2.75, 3.05) is 22.5 Å². The van der Waals surface area contributed by atoms with E-state index >= 15 is 0 Å². The highest BCUT2D eigenvalue weighted by Gasteiger charge is 2.24. The van der Waals surface area contributed by atoms with Gasteiger partial charge in [-0.05, 0) is 67.2 Å². The number of nitrogens with zero attached hydrogens (tertiary/aromatic N) is 3. The van der Waals surface area contributed by atoms with Crippen LogP contribution < -0.4 is 13.7 Å². The maximum absolute atomic E-state index is 11.8. The van der Waals surface area contributed by atoms with Crippen LogP contribution in [0.4, 0.5) is 11.4 Å². The summed E-state index contributed by atoms with van der Waals surface area (Å²) in [6.07, 6.45) is -0.314. The van der Waals surface area contributed by atoms with E-state index in [4.69, 9.17) is 9.98 Å². The molecule has 0 bridgehead atoms. The number of rotatable bonds is 7. The molecule has 2 N–H and O–H groups in total. The first-order valence-corrected chi connectivity index (χ1v) is 17.7. The normalized spacial score (nSPS) is 14.4. The molecule has 7 heteroatoms. The lowest BCUT2D eigenvalue weighted by Crippen LogP contribution is -2.33. The van der Waals surface area contributed by atoms with Gasteiger partial charge in [-0.1, -0.05) is 121 Å². The molecule has 1 aliphatic rings. The van der Waals surface area contributed by atoms with Gasteiger partial charge in [-0.2, -0.15) is 0 Å². The zero-order valence-electron chi connectivity index (χ0n) is 26.5. The molecule has 0 spiro atoms. The molecule has 0 aromatic heterocycles. The van der Waals surface area contributed by atoms with Crippen LogP contribution in [-0.4, -0.2) is 25.8 Å². The molecule has 234 valence electrons. The number of hydrogen-bond donors (Lipinski definition) is 2. The average Bonchev–Trinajstić information content (AvgIpc) is 3.16. The van der Waals surface area contributed by atoms with Crippen molar-refractivity contribution in [3.05, 3.63) is 156 Å². The molecule has 1 heterocycles. The minimum Gasteiger partial charge on any atom is -0.386 e. The Morgan fingerprint density at radius 1 is 0.667 bits per heavy atom. The van der Waals surface area contributed by atoms with Crippen LogP contribution in [0.2, 0.25) is 0 Å². The maximum atomic E-state index is 11.8. The zero-order chi connectivity index (χ0) is 32.6. The predicted octanol–water partition coefficient (Wildman–Crippen LogP) is 10.0. The van der Waals surface area contributed by atoms with Gasteiger partial charge in [-0.3, -0.25) is 3.11 Å². The topological polar surface area (TPSA) is 69.1 Å². The van der Waals surface area contributed by atoms with Gasteiger partial charge < -0.3 is 10.6 Å². The van der Waals surface area contributed by atoms with E-state index in [1.165, 1.54) is 16.2 Å². The lowest BCUT2D eigenvalue weighted by molar-refractivity contribution is 0.647. The van der Waals surface area contributed by atoms with Crippen LogP contribution in [0.3, 0.4) is 0 Å². The second-order valence-corrected chi connectivity index (χ2v) is 13.7. The fraction of sp³-hybridized carbons (Fsp3) is 0.0732. The summed E-state index contributed by atoms with van der Waals surface area (Å²) in [6, 6.07) is 48.7. The van der Waals surface area contributed by atoms with E-state index < -0.39 is 21.5 Å². The highest BCUT2D eigenvalue weighted by molar-refractivity contribution is 14.1. The molecule has 8 rings (SSSR count). The average molecular weight is 738 g/mol. The van der Waals surface area contributed by atoms with Crippen molar-refractivity contribution >= 4 is 76.8 Å². The number of anilines is 2. The molecular formula is C41H32IN5O. The van der Waals surface area contributed by atoms with E-state index in [0.717, 1.165) is 61.2 Å². The zero-order valence-corrected chi connectivity index (χ0v) is 28.6. The molecule has 7 aromatic rings. The van der Waals surface area contributed by atoms with Gasteiger partial charge in [0.25, 0.3) is 21.5 Å². The number of amidine groups is 2. The minimum absolute atomic E-state index is 0.314. The van der Waals surface area contributed by atoms with Crippen LogP contribution in [0, 0.1) is 0 Å². The molecule has 0 radical (unpaired) electrons. The third-order valence-electron chi connectivity index (χ3n) is 9.05. The van der Waals surface area contributed by atoms with Gasteiger partial charge in [0, 0.05) is 25.2 Å². The van der Waals surface area contributed by atoms with E-state index in [1.807, 2.05) is 41.5 Å². The van der Waals surface area contributed by atoms with Crippen molar-refractivity contribution in [2.45, 2.75) is 6.17 Å².